The topological polar surface area (TPSA) is 33.1 Å². The van der Waals surface area contributed by atoms with Crippen LogP contribution in [0.2, 0.25) is 0 Å². The Bertz CT molecular complexity index is 389. The molecule has 4 nitrogen and oxygen atoms in total. The van der Waals surface area contributed by atoms with Crippen LogP contribution < -0.4 is 5.32 Å². The molecular formula is C16H28N4. The van der Waals surface area contributed by atoms with Gasteiger partial charge in [0.2, 0.25) is 0 Å². The monoisotopic (exact) mass is 276 g/mol. The third-order valence-electron chi connectivity index (χ3n) is 4.74. The summed E-state index contributed by atoms with van der Waals surface area (Å²) in [7, 11) is 0. The zero-order valence-electron chi connectivity index (χ0n) is 12.6. The lowest BCUT2D eigenvalue weighted by Crippen LogP contribution is -2.33. The standard InChI is InChI=1S/C16H28N4/c1-3-7-15(8-4-1)20-13-9-16(18-20)17-10-14-19-11-5-2-6-12-19/h9,13,15H,1-8,10-12,14H2,(H,17,18). The summed E-state index contributed by atoms with van der Waals surface area (Å²) in [6.07, 6.45) is 13.0. The quantitative estimate of drug-likeness (QED) is 0.896. The van der Waals surface area contributed by atoms with E-state index in [1.165, 1.54) is 64.5 Å². The number of likely N-dealkylation sites (tertiary alicyclic amines) is 1. The minimum absolute atomic E-state index is 0.640. The van der Waals surface area contributed by atoms with Gasteiger partial charge in [-0.15, -0.1) is 0 Å². The van der Waals surface area contributed by atoms with Gasteiger partial charge in [0.15, 0.2) is 0 Å². The summed E-state index contributed by atoms with van der Waals surface area (Å²) >= 11 is 0. The Morgan fingerprint density at radius 3 is 2.60 bits per heavy atom. The molecular weight excluding hydrogens is 248 g/mol. The van der Waals surface area contributed by atoms with Gasteiger partial charge >= 0.3 is 0 Å². The molecule has 0 unspecified atom stereocenters. The van der Waals surface area contributed by atoms with Gasteiger partial charge in [-0.3, -0.25) is 4.68 Å². The minimum Gasteiger partial charge on any atom is -0.367 e. The van der Waals surface area contributed by atoms with E-state index < -0.39 is 0 Å². The van der Waals surface area contributed by atoms with Crippen molar-refractivity contribution in [1.29, 1.82) is 0 Å². The highest BCUT2D eigenvalue weighted by Crippen LogP contribution is 2.27. The van der Waals surface area contributed by atoms with Crippen molar-refractivity contribution in [2.24, 2.45) is 0 Å². The number of anilines is 1. The normalized spacial score (nSPS) is 22.0. The van der Waals surface area contributed by atoms with Gasteiger partial charge in [0.05, 0.1) is 6.04 Å². The largest absolute Gasteiger partial charge is 0.367 e. The molecule has 112 valence electrons. The van der Waals surface area contributed by atoms with E-state index in [0.717, 1.165) is 18.9 Å². The van der Waals surface area contributed by atoms with Crippen LogP contribution in [-0.4, -0.2) is 40.9 Å². The van der Waals surface area contributed by atoms with Crippen molar-refractivity contribution in [3.8, 4) is 0 Å². The molecule has 2 fully saturated rings. The van der Waals surface area contributed by atoms with E-state index in [2.05, 4.69) is 27.2 Å². The van der Waals surface area contributed by atoms with Crippen LogP contribution in [0.25, 0.3) is 0 Å². The second-order valence-corrected chi connectivity index (χ2v) is 6.30. The van der Waals surface area contributed by atoms with Gasteiger partial charge in [0.25, 0.3) is 0 Å². The number of rotatable bonds is 5. The molecule has 1 aliphatic carbocycles. The second-order valence-electron chi connectivity index (χ2n) is 6.30. The summed E-state index contributed by atoms with van der Waals surface area (Å²) in [5, 5.41) is 8.18. The van der Waals surface area contributed by atoms with E-state index in [1.807, 2.05) is 0 Å². The fourth-order valence-corrected chi connectivity index (χ4v) is 3.51. The number of hydrogen-bond donors (Lipinski definition) is 1. The lowest BCUT2D eigenvalue weighted by atomic mass is 9.96. The van der Waals surface area contributed by atoms with E-state index in [0.29, 0.717) is 6.04 Å². The van der Waals surface area contributed by atoms with Gasteiger partial charge < -0.3 is 10.2 Å². The van der Waals surface area contributed by atoms with Crippen LogP contribution in [0.4, 0.5) is 5.82 Å². The maximum Gasteiger partial charge on any atom is 0.148 e. The van der Waals surface area contributed by atoms with Crippen LogP contribution in [-0.2, 0) is 0 Å². The van der Waals surface area contributed by atoms with Crippen molar-refractivity contribution in [3.63, 3.8) is 0 Å². The van der Waals surface area contributed by atoms with Crippen LogP contribution >= 0.6 is 0 Å². The first-order chi connectivity index (χ1) is 9.92. The average Bonchev–Trinajstić information content (AvgIpc) is 2.98. The third-order valence-corrected chi connectivity index (χ3v) is 4.74. The van der Waals surface area contributed by atoms with Gasteiger partial charge in [-0.25, -0.2) is 0 Å². The molecule has 1 saturated carbocycles. The van der Waals surface area contributed by atoms with Gasteiger partial charge in [-0.1, -0.05) is 25.7 Å². The van der Waals surface area contributed by atoms with Crippen LogP contribution in [0.5, 0.6) is 0 Å². The summed E-state index contributed by atoms with van der Waals surface area (Å²) in [5.41, 5.74) is 0. The molecule has 1 aromatic heterocycles. The van der Waals surface area contributed by atoms with Crippen molar-refractivity contribution in [3.05, 3.63) is 12.3 Å². The molecule has 2 heterocycles. The molecule has 3 rings (SSSR count). The maximum atomic E-state index is 4.70. The molecule has 2 aliphatic rings. The van der Waals surface area contributed by atoms with Gasteiger partial charge in [0.1, 0.15) is 5.82 Å². The van der Waals surface area contributed by atoms with Gasteiger partial charge in [-0.05, 0) is 38.8 Å². The van der Waals surface area contributed by atoms with E-state index in [9.17, 15) is 0 Å². The molecule has 1 N–H and O–H groups in total. The van der Waals surface area contributed by atoms with Crippen molar-refractivity contribution in [1.82, 2.24) is 14.7 Å². The minimum atomic E-state index is 0.640. The van der Waals surface area contributed by atoms with Crippen molar-refractivity contribution < 1.29 is 0 Å². The Labute approximate surface area is 122 Å². The smallest absolute Gasteiger partial charge is 0.148 e. The second kappa shape index (κ2) is 7.11. The molecule has 1 aliphatic heterocycles. The first kappa shape index (κ1) is 13.9. The molecule has 1 aromatic rings. The van der Waals surface area contributed by atoms with Crippen LogP contribution in [0.3, 0.4) is 0 Å². The molecule has 1 saturated heterocycles. The zero-order chi connectivity index (χ0) is 13.6. The summed E-state index contributed by atoms with van der Waals surface area (Å²) in [4.78, 5) is 2.56. The lowest BCUT2D eigenvalue weighted by Gasteiger charge is -2.26. The predicted molar refractivity (Wildman–Crippen MR) is 83.1 cm³/mol. The van der Waals surface area contributed by atoms with Gasteiger partial charge in [0, 0.05) is 25.4 Å². The molecule has 0 amide bonds. The molecule has 20 heavy (non-hydrogen) atoms. The van der Waals surface area contributed by atoms with Gasteiger partial charge in [-0.2, -0.15) is 5.10 Å². The first-order valence-corrected chi connectivity index (χ1v) is 8.43. The molecule has 4 heteroatoms. The van der Waals surface area contributed by atoms with E-state index >= 15 is 0 Å². The summed E-state index contributed by atoms with van der Waals surface area (Å²) in [5.74, 6) is 1.05. The fourth-order valence-electron chi connectivity index (χ4n) is 3.51. The van der Waals surface area contributed by atoms with E-state index in [4.69, 9.17) is 5.10 Å². The maximum absolute atomic E-state index is 4.70. The summed E-state index contributed by atoms with van der Waals surface area (Å²) in [6, 6.07) is 2.77. The van der Waals surface area contributed by atoms with Crippen molar-refractivity contribution in [2.75, 3.05) is 31.5 Å². The highest BCUT2D eigenvalue weighted by Gasteiger charge is 2.16. The van der Waals surface area contributed by atoms with Crippen LogP contribution in [0, 0.1) is 0 Å². The molecule has 0 aromatic carbocycles. The summed E-state index contributed by atoms with van der Waals surface area (Å²) < 4.78 is 2.18. The predicted octanol–water partition coefficient (Wildman–Crippen LogP) is 3.29. The molecule has 0 atom stereocenters. The number of hydrogen-bond acceptors (Lipinski definition) is 3. The van der Waals surface area contributed by atoms with Crippen LogP contribution in [0.1, 0.15) is 57.4 Å². The fraction of sp³-hybridized carbons (Fsp3) is 0.812. The van der Waals surface area contributed by atoms with Crippen LogP contribution in [0.15, 0.2) is 12.3 Å². The number of aromatic nitrogens is 2. The van der Waals surface area contributed by atoms with E-state index in [-0.39, 0.29) is 0 Å². The zero-order valence-corrected chi connectivity index (χ0v) is 12.6. The Morgan fingerprint density at radius 2 is 1.80 bits per heavy atom. The molecule has 0 bridgehead atoms. The lowest BCUT2D eigenvalue weighted by molar-refractivity contribution is 0.237. The summed E-state index contributed by atoms with van der Waals surface area (Å²) in [6.45, 7) is 4.72. The third kappa shape index (κ3) is 3.75. The Kier molecular flexibility index (Phi) is 4.96. The molecule has 0 radical (unpaired) electrons. The number of piperidine rings is 1. The number of nitrogens with zero attached hydrogens (tertiary/aromatic N) is 3. The SMILES string of the molecule is c1cn(C2CCCCC2)nc1NCCN1CCCCC1. The average molecular weight is 276 g/mol. The van der Waals surface area contributed by atoms with E-state index in [1.54, 1.807) is 0 Å². The highest BCUT2D eigenvalue weighted by atomic mass is 15.3. The molecule has 0 spiro atoms. The number of nitrogens with one attached hydrogen (secondary N) is 1. The van der Waals surface area contributed by atoms with Crippen molar-refractivity contribution in [2.45, 2.75) is 57.4 Å². The Morgan fingerprint density at radius 1 is 1.05 bits per heavy atom. The van der Waals surface area contributed by atoms with Crippen molar-refractivity contribution >= 4 is 5.82 Å². The first-order valence-electron chi connectivity index (χ1n) is 8.43. The Hall–Kier alpha value is -1.03. The highest BCUT2D eigenvalue weighted by molar-refractivity contribution is 5.32. The Balaban J connectivity index is 1.42.